The lowest BCUT2D eigenvalue weighted by atomic mass is 10.1. The van der Waals surface area contributed by atoms with Crippen molar-refractivity contribution in [2.45, 2.75) is 12.5 Å². The zero-order valence-electron chi connectivity index (χ0n) is 7.41. The van der Waals surface area contributed by atoms with Crippen LogP contribution in [0.2, 0.25) is 0 Å². The Bertz CT molecular complexity index is 296. The second-order valence-corrected chi connectivity index (χ2v) is 2.79. The Hall–Kier alpha value is -0.870. The van der Waals surface area contributed by atoms with E-state index >= 15 is 0 Å². The van der Waals surface area contributed by atoms with Crippen LogP contribution in [-0.2, 0) is 0 Å². The number of nitrogens with two attached hydrogens (primary N) is 1. The van der Waals surface area contributed by atoms with E-state index in [9.17, 15) is 8.78 Å². The molecule has 14 heavy (non-hydrogen) atoms. The molecule has 0 unspecified atom stereocenters. The van der Waals surface area contributed by atoms with Gasteiger partial charge in [0.25, 0.3) is 0 Å². The number of phenols is 1. The smallest absolute Gasteiger partial charge is 0.165 e. The molecule has 0 radical (unpaired) electrons. The van der Waals surface area contributed by atoms with Crippen LogP contribution in [0.25, 0.3) is 0 Å². The van der Waals surface area contributed by atoms with E-state index in [1.54, 1.807) is 0 Å². The lowest BCUT2D eigenvalue weighted by molar-refractivity contribution is 0.426. The Morgan fingerprint density at radius 3 is 2.57 bits per heavy atom. The molecule has 0 fully saturated rings. The van der Waals surface area contributed by atoms with Crippen molar-refractivity contribution < 1.29 is 13.9 Å². The van der Waals surface area contributed by atoms with E-state index in [1.807, 2.05) is 0 Å². The average molecular weight is 224 g/mol. The number of halogens is 3. The monoisotopic (exact) mass is 223 g/mol. The molecule has 0 heterocycles. The van der Waals surface area contributed by atoms with Gasteiger partial charge in [-0.25, -0.2) is 4.39 Å². The molecule has 0 saturated carbocycles. The largest absolute Gasteiger partial charge is 0.505 e. The van der Waals surface area contributed by atoms with Crippen LogP contribution in [0.1, 0.15) is 18.0 Å². The summed E-state index contributed by atoms with van der Waals surface area (Å²) in [4.78, 5) is 0. The molecule has 0 saturated heterocycles. The van der Waals surface area contributed by atoms with Gasteiger partial charge in [-0.15, -0.1) is 12.4 Å². The number of rotatable bonds is 3. The first-order chi connectivity index (χ1) is 6.15. The molecule has 2 nitrogen and oxygen atoms in total. The number of alkyl halides is 1. The summed E-state index contributed by atoms with van der Waals surface area (Å²) < 4.78 is 24.7. The molecule has 3 N–H and O–H groups in total. The van der Waals surface area contributed by atoms with E-state index in [1.165, 1.54) is 12.1 Å². The molecule has 1 aromatic carbocycles. The van der Waals surface area contributed by atoms with E-state index in [2.05, 4.69) is 0 Å². The summed E-state index contributed by atoms with van der Waals surface area (Å²) in [6.45, 7) is -0.538. The highest BCUT2D eigenvalue weighted by Crippen LogP contribution is 2.21. The third-order valence-corrected chi connectivity index (χ3v) is 1.82. The fourth-order valence-electron chi connectivity index (χ4n) is 1.04. The Labute approximate surface area is 87.1 Å². The lowest BCUT2D eigenvalue weighted by Gasteiger charge is -2.09. The third kappa shape index (κ3) is 3.12. The predicted molar refractivity (Wildman–Crippen MR) is 52.8 cm³/mol. The normalized spacial score (nSPS) is 11.9. The zero-order chi connectivity index (χ0) is 9.84. The lowest BCUT2D eigenvalue weighted by Crippen LogP contribution is -2.10. The standard InChI is InChI=1S/C9H11F2NO.ClH/c10-4-3-8(12)6-1-2-9(13)7(11)5-6;/h1-2,5,8,13H,3-4,12H2;1H/t8-;/m1./s1. The van der Waals surface area contributed by atoms with Crippen LogP contribution in [0.3, 0.4) is 0 Å². The van der Waals surface area contributed by atoms with Crippen LogP contribution in [0.5, 0.6) is 5.75 Å². The van der Waals surface area contributed by atoms with Crippen molar-refractivity contribution in [2.75, 3.05) is 6.67 Å². The van der Waals surface area contributed by atoms with Crippen LogP contribution in [0, 0.1) is 5.82 Å². The molecule has 1 atom stereocenters. The molecular weight excluding hydrogens is 212 g/mol. The number of hydrogen-bond donors (Lipinski definition) is 2. The minimum atomic E-state index is -0.730. The molecule has 0 aliphatic carbocycles. The van der Waals surface area contributed by atoms with Crippen molar-refractivity contribution in [3.05, 3.63) is 29.6 Å². The first-order valence-corrected chi connectivity index (χ1v) is 3.95. The molecule has 1 aromatic rings. The van der Waals surface area contributed by atoms with Crippen molar-refractivity contribution in [2.24, 2.45) is 5.73 Å². The molecule has 0 aliphatic heterocycles. The maximum absolute atomic E-state index is 12.8. The first kappa shape index (κ1) is 13.1. The highest BCUT2D eigenvalue weighted by Gasteiger charge is 2.08. The average Bonchev–Trinajstić information content (AvgIpc) is 2.10. The van der Waals surface area contributed by atoms with Gasteiger partial charge in [0.2, 0.25) is 0 Å². The van der Waals surface area contributed by atoms with Gasteiger partial charge in [-0.05, 0) is 24.1 Å². The summed E-state index contributed by atoms with van der Waals surface area (Å²) in [5, 5.41) is 8.87. The van der Waals surface area contributed by atoms with Gasteiger partial charge in [-0.1, -0.05) is 6.07 Å². The maximum Gasteiger partial charge on any atom is 0.165 e. The Balaban J connectivity index is 0.00000169. The predicted octanol–water partition coefficient (Wildman–Crippen LogP) is 2.31. The molecular formula is C9H12ClF2NO. The van der Waals surface area contributed by atoms with Crippen molar-refractivity contribution in [3.8, 4) is 5.75 Å². The highest BCUT2D eigenvalue weighted by atomic mass is 35.5. The summed E-state index contributed by atoms with van der Waals surface area (Å²) in [5.41, 5.74) is 6.03. The Kier molecular flexibility index (Phi) is 5.42. The summed E-state index contributed by atoms with van der Waals surface area (Å²) in [5.74, 6) is -1.15. The Morgan fingerprint density at radius 1 is 1.43 bits per heavy atom. The van der Waals surface area contributed by atoms with Crippen LogP contribution >= 0.6 is 12.4 Å². The number of benzene rings is 1. The minimum absolute atomic E-state index is 0. The summed E-state index contributed by atoms with van der Waals surface area (Å²) in [7, 11) is 0. The van der Waals surface area contributed by atoms with Gasteiger partial charge in [-0.2, -0.15) is 0 Å². The van der Waals surface area contributed by atoms with Gasteiger partial charge >= 0.3 is 0 Å². The van der Waals surface area contributed by atoms with Crippen LogP contribution < -0.4 is 5.73 Å². The minimum Gasteiger partial charge on any atom is -0.505 e. The van der Waals surface area contributed by atoms with Gasteiger partial charge in [0.1, 0.15) is 0 Å². The molecule has 0 amide bonds. The second-order valence-electron chi connectivity index (χ2n) is 2.79. The van der Waals surface area contributed by atoms with Crippen molar-refractivity contribution >= 4 is 12.4 Å². The molecule has 0 aliphatic rings. The molecule has 5 heteroatoms. The summed E-state index contributed by atoms with van der Waals surface area (Å²) in [6, 6.07) is 3.30. The van der Waals surface area contributed by atoms with Crippen molar-refractivity contribution in [1.82, 2.24) is 0 Å². The van der Waals surface area contributed by atoms with E-state index in [4.69, 9.17) is 10.8 Å². The molecule has 0 aromatic heterocycles. The molecule has 0 bridgehead atoms. The van der Waals surface area contributed by atoms with Crippen molar-refractivity contribution in [3.63, 3.8) is 0 Å². The van der Waals surface area contributed by atoms with Crippen LogP contribution in [-0.4, -0.2) is 11.8 Å². The van der Waals surface area contributed by atoms with E-state index < -0.39 is 24.3 Å². The number of phenolic OH excluding ortho intramolecular Hbond substituents is 1. The van der Waals surface area contributed by atoms with Gasteiger partial charge in [0, 0.05) is 6.04 Å². The van der Waals surface area contributed by atoms with Gasteiger partial charge in [-0.3, -0.25) is 4.39 Å². The van der Waals surface area contributed by atoms with E-state index in [0.717, 1.165) is 6.07 Å². The van der Waals surface area contributed by atoms with Crippen LogP contribution in [0.15, 0.2) is 18.2 Å². The summed E-state index contributed by atoms with van der Waals surface area (Å²) >= 11 is 0. The third-order valence-electron chi connectivity index (χ3n) is 1.82. The first-order valence-electron chi connectivity index (χ1n) is 3.95. The van der Waals surface area contributed by atoms with Gasteiger partial charge in [0.05, 0.1) is 6.67 Å². The second kappa shape index (κ2) is 5.78. The Morgan fingerprint density at radius 2 is 2.07 bits per heavy atom. The molecule has 1 rings (SSSR count). The van der Waals surface area contributed by atoms with Gasteiger partial charge < -0.3 is 10.8 Å². The van der Waals surface area contributed by atoms with Gasteiger partial charge in [0.15, 0.2) is 11.6 Å². The van der Waals surface area contributed by atoms with E-state index in [0.29, 0.717) is 5.56 Å². The van der Waals surface area contributed by atoms with Crippen molar-refractivity contribution in [1.29, 1.82) is 0 Å². The molecule has 0 spiro atoms. The fourth-order valence-corrected chi connectivity index (χ4v) is 1.04. The molecule has 80 valence electrons. The SMILES string of the molecule is Cl.N[C@H](CCF)c1ccc(O)c(F)c1. The highest BCUT2D eigenvalue weighted by molar-refractivity contribution is 5.85. The quantitative estimate of drug-likeness (QED) is 0.826. The fraction of sp³-hybridized carbons (Fsp3) is 0.333. The maximum atomic E-state index is 12.8. The zero-order valence-corrected chi connectivity index (χ0v) is 8.23. The number of hydrogen-bond acceptors (Lipinski definition) is 2. The summed E-state index contributed by atoms with van der Waals surface area (Å²) in [6.07, 6.45) is 0.157. The number of aromatic hydroxyl groups is 1. The van der Waals surface area contributed by atoms with Crippen LogP contribution in [0.4, 0.5) is 8.78 Å². The van der Waals surface area contributed by atoms with E-state index in [-0.39, 0.29) is 18.8 Å². The topological polar surface area (TPSA) is 46.2 Å².